The van der Waals surface area contributed by atoms with Crippen LogP contribution >= 0.6 is 15.9 Å². The quantitative estimate of drug-likeness (QED) is 0.516. The third-order valence-corrected chi connectivity index (χ3v) is 7.10. The zero-order valence-corrected chi connectivity index (χ0v) is 18.2. The Balaban J connectivity index is 1.87. The fraction of sp³-hybridized carbons (Fsp3) is 0.136. The van der Waals surface area contributed by atoms with Gasteiger partial charge in [-0.2, -0.15) is 4.31 Å². The number of fused-ring (bicyclic) bond motifs is 1. The smallest absolute Gasteiger partial charge is 0.287 e. The molecular formula is C22H19BrN2O3S. The summed E-state index contributed by atoms with van der Waals surface area (Å²) in [5.74, 6) is 0. The number of urea groups is 1. The van der Waals surface area contributed by atoms with Crippen LogP contribution in [0.25, 0.3) is 0 Å². The van der Waals surface area contributed by atoms with E-state index in [4.69, 9.17) is 0 Å². The largest absolute Gasteiger partial charge is 0.343 e. The van der Waals surface area contributed by atoms with E-state index in [-0.39, 0.29) is 11.4 Å². The molecule has 0 aliphatic carbocycles. The number of para-hydroxylation sites is 1. The normalized spacial score (nSPS) is 15.3. The third-order valence-electron chi connectivity index (χ3n) is 4.86. The average Bonchev–Trinajstić information content (AvgIpc) is 2.71. The number of hydrogen-bond acceptors (Lipinski definition) is 3. The van der Waals surface area contributed by atoms with Crippen LogP contribution in [0.5, 0.6) is 0 Å². The molecule has 1 heterocycles. The first-order valence-corrected chi connectivity index (χ1v) is 11.4. The molecule has 1 aliphatic rings. The lowest BCUT2D eigenvalue weighted by Crippen LogP contribution is -2.50. The van der Waals surface area contributed by atoms with Crippen molar-refractivity contribution in [2.24, 2.45) is 0 Å². The minimum Gasteiger partial charge on any atom is -0.287 e. The fourth-order valence-corrected chi connectivity index (χ4v) is 5.47. The maximum atomic E-state index is 13.5. The van der Waals surface area contributed by atoms with Crippen molar-refractivity contribution >= 4 is 43.4 Å². The van der Waals surface area contributed by atoms with Crippen molar-refractivity contribution in [3.63, 3.8) is 0 Å². The molecule has 0 fully saturated rings. The molecule has 0 radical (unpaired) electrons. The van der Waals surface area contributed by atoms with Crippen molar-refractivity contribution in [3.05, 3.63) is 88.4 Å². The second kappa shape index (κ2) is 7.65. The fourth-order valence-electron chi connectivity index (χ4n) is 3.43. The number of hydrogen-bond donors (Lipinski definition) is 0. The van der Waals surface area contributed by atoms with E-state index < -0.39 is 16.1 Å². The molecule has 7 heteroatoms. The molecule has 0 atom stereocenters. The van der Waals surface area contributed by atoms with E-state index in [1.165, 1.54) is 4.90 Å². The summed E-state index contributed by atoms with van der Waals surface area (Å²) in [6, 6.07) is 20.7. The van der Waals surface area contributed by atoms with E-state index in [9.17, 15) is 13.2 Å². The maximum absolute atomic E-state index is 13.5. The second-order valence-corrected chi connectivity index (χ2v) is 9.43. The SMILES string of the molecule is CCc1cccc(N2C(=O)N(Cc3cccc(Br)c3)c3ccccc3S2(=O)=O)c1. The Hall–Kier alpha value is -2.64. The van der Waals surface area contributed by atoms with Gasteiger partial charge in [-0.25, -0.2) is 13.2 Å². The topological polar surface area (TPSA) is 57.7 Å². The number of anilines is 2. The number of aryl methyl sites for hydroxylation is 1. The van der Waals surface area contributed by atoms with Crippen molar-refractivity contribution in [2.45, 2.75) is 24.8 Å². The minimum absolute atomic E-state index is 0.122. The van der Waals surface area contributed by atoms with Crippen molar-refractivity contribution in [1.82, 2.24) is 0 Å². The molecular weight excluding hydrogens is 452 g/mol. The number of halogens is 1. The number of benzene rings is 3. The van der Waals surface area contributed by atoms with Gasteiger partial charge in [0.25, 0.3) is 10.0 Å². The second-order valence-electron chi connectivity index (χ2n) is 6.76. The zero-order valence-electron chi connectivity index (χ0n) is 15.7. The van der Waals surface area contributed by atoms with Crippen LogP contribution < -0.4 is 9.21 Å². The highest BCUT2D eigenvalue weighted by Gasteiger charge is 2.42. The number of nitrogens with zero attached hydrogens (tertiary/aromatic N) is 2. The summed E-state index contributed by atoms with van der Waals surface area (Å²) in [6.07, 6.45) is 0.744. The van der Waals surface area contributed by atoms with Gasteiger partial charge in [-0.15, -0.1) is 0 Å². The van der Waals surface area contributed by atoms with Crippen molar-refractivity contribution in [3.8, 4) is 0 Å². The van der Waals surface area contributed by atoms with Gasteiger partial charge in [-0.1, -0.05) is 59.3 Å². The highest BCUT2D eigenvalue weighted by molar-refractivity contribution is 9.10. The molecule has 0 N–H and O–H groups in total. The van der Waals surface area contributed by atoms with Gasteiger partial charge >= 0.3 is 6.03 Å². The number of rotatable bonds is 4. The molecule has 0 aromatic heterocycles. The van der Waals surface area contributed by atoms with Crippen LogP contribution in [0.2, 0.25) is 0 Å². The minimum atomic E-state index is -4.01. The lowest BCUT2D eigenvalue weighted by Gasteiger charge is -2.36. The average molecular weight is 471 g/mol. The summed E-state index contributed by atoms with van der Waals surface area (Å²) in [6.45, 7) is 2.25. The summed E-state index contributed by atoms with van der Waals surface area (Å²) < 4.78 is 28.5. The first-order chi connectivity index (χ1) is 13.9. The van der Waals surface area contributed by atoms with Gasteiger partial charge in [0.15, 0.2) is 0 Å². The van der Waals surface area contributed by atoms with Gasteiger partial charge < -0.3 is 0 Å². The van der Waals surface area contributed by atoms with E-state index >= 15 is 0 Å². The van der Waals surface area contributed by atoms with Crippen LogP contribution in [-0.4, -0.2) is 14.4 Å². The molecule has 0 unspecified atom stereocenters. The van der Waals surface area contributed by atoms with Crippen molar-refractivity contribution < 1.29 is 13.2 Å². The predicted molar refractivity (Wildman–Crippen MR) is 118 cm³/mol. The van der Waals surface area contributed by atoms with E-state index in [0.29, 0.717) is 11.4 Å². The van der Waals surface area contributed by atoms with Gasteiger partial charge in [-0.05, 0) is 53.9 Å². The van der Waals surface area contributed by atoms with E-state index in [2.05, 4.69) is 15.9 Å². The first-order valence-electron chi connectivity index (χ1n) is 9.21. The molecule has 0 spiro atoms. The van der Waals surface area contributed by atoms with Gasteiger partial charge in [0.05, 0.1) is 17.9 Å². The molecule has 0 saturated heterocycles. The number of carbonyl (C=O) groups excluding carboxylic acids is 1. The van der Waals surface area contributed by atoms with Crippen LogP contribution in [0.1, 0.15) is 18.1 Å². The zero-order chi connectivity index (χ0) is 20.6. The molecule has 3 aromatic carbocycles. The maximum Gasteiger partial charge on any atom is 0.343 e. The Morgan fingerprint density at radius 2 is 1.62 bits per heavy atom. The summed E-state index contributed by atoms with van der Waals surface area (Å²) in [4.78, 5) is 15.1. The lowest BCUT2D eigenvalue weighted by atomic mass is 10.1. The summed E-state index contributed by atoms with van der Waals surface area (Å²) in [7, 11) is -4.01. The Bertz CT molecular complexity index is 1190. The van der Waals surface area contributed by atoms with Crippen molar-refractivity contribution in [1.29, 1.82) is 0 Å². The molecule has 29 heavy (non-hydrogen) atoms. The van der Waals surface area contributed by atoms with Crippen LogP contribution in [0.3, 0.4) is 0 Å². The molecule has 4 rings (SSSR count). The van der Waals surface area contributed by atoms with Crippen LogP contribution in [0, 0.1) is 0 Å². The van der Waals surface area contributed by atoms with E-state index in [0.717, 1.165) is 26.3 Å². The Morgan fingerprint density at radius 1 is 0.897 bits per heavy atom. The van der Waals surface area contributed by atoms with Crippen LogP contribution in [0.15, 0.2) is 82.2 Å². The standard InChI is InChI=1S/C22H19BrN2O3S/c1-2-16-7-6-10-19(14-16)25-22(26)24(15-17-8-5-9-18(23)13-17)20-11-3-4-12-21(20)29(25,27)28/h3-14H,2,15H2,1H3. The highest BCUT2D eigenvalue weighted by atomic mass is 79.9. The number of carbonyl (C=O) groups is 1. The molecule has 0 bridgehead atoms. The monoisotopic (exact) mass is 470 g/mol. The first kappa shape index (κ1) is 19.7. The van der Waals surface area contributed by atoms with Gasteiger partial charge in [0, 0.05) is 4.47 Å². The molecule has 148 valence electrons. The molecule has 1 aliphatic heterocycles. The summed E-state index contributed by atoms with van der Waals surface area (Å²) >= 11 is 3.45. The van der Waals surface area contributed by atoms with Gasteiger partial charge in [0.1, 0.15) is 4.90 Å². The number of amides is 2. The molecule has 5 nitrogen and oxygen atoms in total. The summed E-state index contributed by atoms with van der Waals surface area (Å²) in [5.41, 5.74) is 2.59. The molecule has 0 saturated carbocycles. The van der Waals surface area contributed by atoms with Crippen LogP contribution in [-0.2, 0) is 23.0 Å². The van der Waals surface area contributed by atoms with E-state index in [1.54, 1.807) is 42.5 Å². The highest BCUT2D eigenvalue weighted by Crippen LogP contribution is 2.38. The molecule has 2 amide bonds. The summed E-state index contributed by atoms with van der Waals surface area (Å²) in [5, 5.41) is 0. The molecule has 3 aromatic rings. The predicted octanol–water partition coefficient (Wildman–Crippen LogP) is 5.35. The van der Waals surface area contributed by atoms with Crippen LogP contribution in [0.4, 0.5) is 16.2 Å². The number of sulfonamides is 1. The van der Waals surface area contributed by atoms with Gasteiger partial charge in [-0.3, -0.25) is 4.90 Å². The van der Waals surface area contributed by atoms with Crippen molar-refractivity contribution in [2.75, 3.05) is 9.21 Å². The van der Waals surface area contributed by atoms with E-state index in [1.807, 2.05) is 37.3 Å². The van der Waals surface area contributed by atoms with Gasteiger partial charge in [0.2, 0.25) is 0 Å². The lowest BCUT2D eigenvalue weighted by molar-refractivity contribution is 0.253. The third kappa shape index (κ3) is 3.56. The Kier molecular flexibility index (Phi) is 5.19. The Labute approximate surface area is 178 Å². The Morgan fingerprint density at radius 3 is 2.38 bits per heavy atom.